The zero-order valence-corrected chi connectivity index (χ0v) is 9.34. The van der Waals surface area contributed by atoms with Crippen molar-refractivity contribution in [3.63, 3.8) is 0 Å². The van der Waals surface area contributed by atoms with E-state index in [2.05, 4.69) is 5.32 Å². The maximum absolute atomic E-state index is 11.1. The van der Waals surface area contributed by atoms with Gasteiger partial charge in [0.1, 0.15) is 0 Å². The van der Waals surface area contributed by atoms with E-state index in [1.165, 1.54) is 0 Å². The number of carbonyl (C=O) groups is 1. The third kappa shape index (κ3) is 8.01. The molecular weight excluding hydrogens is 182 g/mol. The highest BCUT2D eigenvalue weighted by Gasteiger charge is 2.04. The molecule has 0 spiro atoms. The molecule has 0 aromatic rings. The minimum absolute atomic E-state index is 0.0402. The lowest BCUT2D eigenvalue weighted by Crippen LogP contribution is -2.31. The molecule has 84 valence electrons. The second kappa shape index (κ2) is 8.97. The van der Waals surface area contributed by atoms with Gasteiger partial charge in [0, 0.05) is 19.1 Å². The molecule has 1 N–H and O–H groups in total. The normalized spacial score (nSPS) is 10.6. The molecule has 4 heteroatoms. The van der Waals surface area contributed by atoms with Gasteiger partial charge in [-0.2, -0.15) is 0 Å². The lowest BCUT2D eigenvalue weighted by atomic mass is 10.2. The summed E-state index contributed by atoms with van der Waals surface area (Å²) in [5.41, 5.74) is 0. The number of carbonyl (C=O) groups excluding carboxylic acids is 1. The Kier molecular flexibility index (Phi) is 8.57. The summed E-state index contributed by atoms with van der Waals surface area (Å²) in [6, 6.07) is 0. The molecule has 0 fully saturated rings. The van der Waals surface area contributed by atoms with Crippen LogP contribution in [0.25, 0.3) is 0 Å². The molecule has 14 heavy (non-hydrogen) atoms. The van der Waals surface area contributed by atoms with E-state index in [0.717, 1.165) is 0 Å². The lowest BCUT2D eigenvalue weighted by molar-refractivity contribution is -0.124. The molecule has 0 radical (unpaired) electrons. The van der Waals surface area contributed by atoms with Crippen LogP contribution < -0.4 is 5.32 Å². The fourth-order valence-corrected chi connectivity index (χ4v) is 0.815. The average Bonchev–Trinajstić information content (AvgIpc) is 2.16. The molecule has 0 aromatic carbocycles. The summed E-state index contributed by atoms with van der Waals surface area (Å²) in [5.74, 6) is 0.108. The van der Waals surface area contributed by atoms with E-state index < -0.39 is 0 Å². The molecule has 4 nitrogen and oxygen atoms in total. The van der Waals surface area contributed by atoms with Gasteiger partial charge in [0.05, 0.1) is 19.8 Å². The van der Waals surface area contributed by atoms with Crippen LogP contribution in [-0.4, -0.2) is 38.9 Å². The molecule has 0 aliphatic rings. The van der Waals surface area contributed by atoms with Crippen LogP contribution >= 0.6 is 0 Å². The van der Waals surface area contributed by atoms with E-state index in [1.54, 1.807) is 0 Å². The van der Waals surface area contributed by atoms with Crippen LogP contribution in [0, 0.1) is 5.92 Å². The molecule has 1 amide bonds. The highest BCUT2D eigenvalue weighted by atomic mass is 16.5. The van der Waals surface area contributed by atoms with E-state index in [1.807, 2.05) is 20.8 Å². The van der Waals surface area contributed by atoms with Gasteiger partial charge in [-0.25, -0.2) is 0 Å². The van der Waals surface area contributed by atoms with Gasteiger partial charge in [-0.15, -0.1) is 0 Å². The van der Waals surface area contributed by atoms with E-state index in [-0.39, 0.29) is 11.8 Å². The van der Waals surface area contributed by atoms with E-state index in [0.29, 0.717) is 33.0 Å². The fraction of sp³-hybridized carbons (Fsp3) is 0.900. The minimum Gasteiger partial charge on any atom is -0.379 e. The van der Waals surface area contributed by atoms with Crippen LogP contribution in [0.1, 0.15) is 20.8 Å². The number of amides is 1. The number of ether oxygens (including phenoxy) is 2. The van der Waals surface area contributed by atoms with E-state index >= 15 is 0 Å². The smallest absolute Gasteiger partial charge is 0.222 e. The molecular formula is C10H21NO3. The topological polar surface area (TPSA) is 47.6 Å². The summed E-state index contributed by atoms with van der Waals surface area (Å²) in [6.07, 6.45) is 0. The summed E-state index contributed by atoms with van der Waals surface area (Å²) >= 11 is 0. The van der Waals surface area contributed by atoms with Crippen molar-refractivity contribution in [2.45, 2.75) is 20.8 Å². The number of hydrogen-bond donors (Lipinski definition) is 1. The summed E-state index contributed by atoms with van der Waals surface area (Å²) in [6.45, 7) is 8.72. The maximum atomic E-state index is 11.1. The van der Waals surface area contributed by atoms with Crippen molar-refractivity contribution in [3.05, 3.63) is 0 Å². The van der Waals surface area contributed by atoms with Crippen LogP contribution in [0.15, 0.2) is 0 Å². The van der Waals surface area contributed by atoms with E-state index in [9.17, 15) is 4.79 Å². The van der Waals surface area contributed by atoms with Crippen molar-refractivity contribution in [2.75, 3.05) is 33.0 Å². The molecule has 0 aliphatic carbocycles. The minimum atomic E-state index is 0.0402. The predicted octanol–water partition coefficient (Wildman–Crippen LogP) is 0.812. The molecule has 0 saturated heterocycles. The first kappa shape index (κ1) is 13.4. The van der Waals surface area contributed by atoms with Crippen LogP contribution in [-0.2, 0) is 14.3 Å². The lowest BCUT2D eigenvalue weighted by Gasteiger charge is -2.08. The number of nitrogens with one attached hydrogen (secondary N) is 1. The Balaban J connectivity index is 3.10. The van der Waals surface area contributed by atoms with Gasteiger partial charge < -0.3 is 14.8 Å². The maximum Gasteiger partial charge on any atom is 0.222 e. The molecule has 0 saturated carbocycles. The molecule has 0 aliphatic heterocycles. The fourth-order valence-electron chi connectivity index (χ4n) is 0.815. The third-order valence-corrected chi connectivity index (χ3v) is 1.65. The first-order valence-electron chi connectivity index (χ1n) is 5.11. The standard InChI is InChI=1S/C10H21NO3/c1-4-13-7-8-14-6-5-11-10(12)9(2)3/h9H,4-8H2,1-3H3,(H,11,12). The zero-order chi connectivity index (χ0) is 10.8. The van der Waals surface area contributed by atoms with Crippen molar-refractivity contribution < 1.29 is 14.3 Å². The quantitative estimate of drug-likeness (QED) is 0.594. The Morgan fingerprint density at radius 1 is 1.21 bits per heavy atom. The van der Waals surface area contributed by atoms with Crippen molar-refractivity contribution in [1.82, 2.24) is 5.32 Å². The first-order valence-corrected chi connectivity index (χ1v) is 5.11. The monoisotopic (exact) mass is 203 g/mol. The Morgan fingerprint density at radius 3 is 2.43 bits per heavy atom. The van der Waals surface area contributed by atoms with Gasteiger partial charge in [0.25, 0.3) is 0 Å². The second-order valence-corrected chi connectivity index (χ2v) is 3.26. The first-order chi connectivity index (χ1) is 6.68. The molecule has 0 bridgehead atoms. The van der Waals surface area contributed by atoms with Crippen molar-refractivity contribution in [2.24, 2.45) is 5.92 Å². The average molecular weight is 203 g/mol. The van der Waals surface area contributed by atoms with Gasteiger partial charge in [-0.3, -0.25) is 4.79 Å². The summed E-state index contributed by atoms with van der Waals surface area (Å²) < 4.78 is 10.3. The molecule has 0 aromatic heterocycles. The van der Waals surface area contributed by atoms with Gasteiger partial charge in [0.2, 0.25) is 5.91 Å². The van der Waals surface area contributed by atoms with Crippen molar-refractivity contribution >= 4 is 5.91 Å². The summed E-state index contributed by atoms with van der Waals surface area (Å²) in [4.78, 5) is 11.1. The summed E-state index contributed by atoms with van der Waals surface area (Å²) in [5, 5.41) is 2.77. The largest absolute Gasteiger partial charge is 0.379 e. The SMILES string of the molecule is CCOCCOCCNC(=O)C(C)C. The van der Waals surface area contributed by atoms with Gasteiger partial charge in [-0.1, -0.05) is 13.8 Å². The Labute approximate surface area is 86.0 Å². The molecule has 0 rings (SSSR count). The van der Waals surface area contributed by atoms with Gasteiger partial charge in [0.15, 0.2) is 0 Å². The molecule has 0 atom stereocenters. The third-order valence-electron chi connectivity index (χ3n) is 1.65. The van der Waals surface area contributed by atoms with E-state index in [4.69, 9.17) is 9.47 Å². The number of rotatable bonds is 8. The summed E-state index contributed by atoms with van der Waals surface area (Å²) in [7, 11) is 0. The van der Waals surface area contributed by atoms with Crippen LogP contribution in [0.4, 0.5) is 0 Å². The van der Waals surface area contributed by atoms with Crippen LogP contribution in [0.3, 0.4) is 0 Å². The van der Waals surface area contributed by atoms with Gasteiger partial charge in [-0.05, 0) is 6.92 Å². The van der Waals surface area contributed by atoms with Crippen LogP contribution in [0.5, 0.6) is 0 Å². The second-order valence-electron chi connectivity index (χ2n) is 3.26. The highest BCUT2D eigenvalue weighted by molar-refractivity contribution is 5.77. The Hall–Kier alpha value is -0.610. The Morgan fingerprint density at radius 2 is 1.86 bits per heavy atom. The molecule has 0 unspecified atom stereocenters. The zero-order valence-electron chi connectivity index (χ0n) is 9.34. The Bertz CT molecular complexity index is 148. The predicted molar refractivity (Wildman–Crippen MR) is 55.2 cm³/mol. The van der Waals surface area contributed by atoms with Crippen molar-refractivity contribution in [1.29, 1.82) is 0 Å². The van der Waals surface area contributed by atoms with Gasteiger partial charge >= 0.3 is 0 Å². The van der Waals surface area contributed by atoms with Crippen LogP contribution in [0.2, 0.25) is 0 Å². The van der Waals surface area contributed by atoms with Crippen molar-refractivity contribution in [3.8, 4) is 0 Å². The molecule has 0 heterocycles. The number of hydrogen-bond acceptors (Lipinski definition) is 3. The highest BCUT2D eigenvalue weighted by Crippen LogP contribution is 1.89.